The molecule has 164 valence electrons. The van der Waals surface area contributed by atoms with Crippen molar-refractivity contribution >= 4 is 17.3 Å². The molecule has 0 saturated heterocycles. The molecule has 0 saturated carbocycles. The lowest BCUT2D eigenvalue weighted by atomic mass is 9.77. The van der Waals surface area contributed by atoms with Gasteiger partial charge in [0.1, 0.15) is 23.4 Å². The number of nitrogens with zero attached hydrogens (tertiary/aromatic N) is 1. The van der Waals surface area contributed by atoms with Crippen molar-refractivity contribution in [2.24, 2.45) is 11.3 Å². The van der Waals surface area contributed by atoms with Crippen LogP contribution in [0, 0.1) is 18.3 Å². The van der Waals surface area contributed by atoms with Crippen LogP contribution in [0.15, 0.2) is 40.1 Å². The average molecular weight is 442 g/mol. The molecule has 1 aliphatic rings. The van der Waals surface area contributed by atoms with Gasteiger partial charge in [-0.3, -0.25) is 4.79 Å². The Balaban J connectivity index is 1.43. The molecule has 7 heteroatoms. The molecule has 1 aromatic carbocycles. The number of hydrogen-bond donors (Lipinski definition) is 1. The fourth-order valence-corrected chi connectivity index (χ4v) is 4.54. The number of aryl methyl sites for hydroxylation is 1. The first kappa shape index (κ1) is 21.4. The molecule has 4 rings (SSSR count). The zero-order chi connectivity index (χ0) is 22.2. The lowest BCUT2D eigenvalue weighted by Crippen LogP contribution is -2.46. The van der Waals surface area contributed by atoms with Crippen LogP contribution in [0.1, 0.15) is 37.8 Å². The molecule has 0 fully saturated rings. The molecule has 0 spiro atoms. The Morgan fingerprint density at radius 2 is 2.13 bits per heavy atom. The number of oxazole rings is 1. The van der Waals surface area contributed by atoms with Crippen LogP contribution in [0.25, 0.3) is 10.8 Å². The van der Waals surface area contributed by atoms with E-state index in [9.17, 15) is 9.90 Å². The summed E-state index contributed by atoms with van der Waals surface area (Å²) in [6.45, 7) is 8.38. The summed E-state index contributed by atoms with van der Waals surface area (Å²) in [6, 6.07) is 9.59. The second-order valence-electron chi connectivity index (χ2n) is 8.92. The summed E-state index contributed by atoms with van der Waals surface area (Å²) >= 11 is 1.60. The second kappa shape index (κ2) is 8.38. The van der Waals surface area contributed by atoms with Gasteiger partial charge in [-0.05, 0) is 41.8 Å². The first-order valence-electron chi connectivity index (χ1n) is 10.4. The van der Waals surface area contributed by atoms with Crippen molar-refractivity contribution in [1.82, 2.24) is 4.98 Å². The van der Waals surface area contributed by atoms with Crippen molar-refractivity contribution in [3.8, 4) is 22.3 Å². The minimum absolute atomic E-state index is 0.289. The van der Waals surface area contributed by atoms with Gasteiger partial charge >= 0.3 is 5.97 Å². The predicted molar refractivity (Wildman–Crippen MR) is 119 cm³/mol. The third-order valence-corrected chi connectivity index (χ3v) is 6.36. The van der Waals surface area contributed by atoms with Gasteiger partial charge in [-0.2, -0.15) is 0 Å². The number of benzene rings is 1. The van der Waals surface area contributed by atoms with Gasteiger partial charge in [0.15, 0.2) is 0 Å². The summed E-state index contributed by atoms with van der Waals surface area (Å²) in [5.74, 6) is 1.45. The summed E-state index contributed by atoms with van der Waals surface area (Å²) in [5, 5.41) is 11.6. The molecule has 0 radical (unpaired) electrons. The minimum atomic E-state index is -0.823. The number of carbonyl (C=O) groups is 1. The normalized spacial score (nSPS) is 18.3. The summed E-state index contributed by atoms with van der Waals surface area (Å²) < 4.78 is 17.9. The minimum Gasteiger partial charge on any atom is -0.493 e. The highest BCUT2D eigenvalue weighted by molar-refractivity contribution is 7.13. The van der Waals surface area contributed by atoms with E-state index in [1.165, 1.54) is 0 Å². The van der Waals surface area contributed by atoms with Gasteiger partial charge in [-0.25, -0.2) is 4.98 Å². The van der Waals surface area contributed by atoms with Crippen LogP contribution >= 0.6 is 11.3 Å². The molecule has 6 nitrogen and oxygen atoms in total. The summed E-state index contributed by atoms with van der Waals surface area (Å²) in [5.41, 5.74) is 1.49. The molecule has 2 unspecified atom stereocenters. The maximum atomic E-state index is 11.8. The predicted octanol–water partition coefficient (Wildman–Crippen LogP) is 5.38. The number of carboxylic acid groups (broad SMARTS) is 1. The van der Waals surface area contributed by atoms with Gasteiger partial charge in [0, 0.05) is 12.5 Å². The van der Waals surface area contributed by atoms with Gasteiger partial charge in [0.05, 0.1) is 23.1 Å². The van der Waals surface area contributed by atoms with Crippen LogP contribution in [0.2, 0.25) is 0 Å². The summed E-state index contributed by atoms with van der Waals surface area (Å²) in [7, 11) is 0. The highest BCUT2D eigenvalue weighted by Gasteiger charge is 2.42. The highest BCUT2D eigenvalue weighted by atomic mass is 32.1. The fraction of sp³-hybridized carbons (Fsp3) is 0.417. The van der Waals surface area contributed by atoms with E-state index in [1.807, 2.05) is 63.4 Å². The van der Waals surface area contributed by atoms with Crippen LogP contribution in [0.4, 0.5) is 0 Å². The van der Waals surface area contributed by atoms with Gasteiger partial charge in [0.2, 0.25) is 5.89 Å². The zero-order valence-electron chi connectivity index (χ0n) is 18.2. The van der Waals surface area contributed by atoms with Crippen molar-refractivity contribution in [2.75, 3.05) is 6.61 Å². The van der Waals surface area contributed by atoms with E-state index in [4.69, 9.17) is 13.9 Å². The SMILES string of the molecule is Cc1oc(-c2cccs2)nc1CCOc1ccc2c(c1)OC(C(C)(C)C)C(C(=O)O)C2. The molecule has 1 aliphatic heterocycles. The zero-order valence-corrected chi connectivity index (χ0v) is 19.0. The van der Waals surface area contributed by atoms with E-state index >= 15 is 0 Å². The quantitative estimate of drug-likeness (QED) is 0.553. The van der Waals surface area contributed by atoms with Crippen molar-refractivity contribution in [3.63, 3.8) is 0 Å². The lowest BCUT2D eigenvalue weighted by Gasteiger charge is -2.39. The number of ether oxygens (including phenoxy) is 2. The number of aromatic nitrogens is 1. The van der Waals surface area contributed by atoms with Crippen molar-refractivity contribution in [3.05, 3.63) is 52.7 Å². The Kier molecular flexibility index (Phi) is 5.79. The van der Waals surface area contributed by atoms with E-state index in [0.29, 0.717) is 36.8 Å². The standard InChI is InChI=1S/C24H27NO5S/c1-14-18(25-22(29-14)20-6-5-11-31-20)9-10-28-16-8-7-15-12-17(23(26)27)21(24(2,3)4)30-19(15)13-16/h5-8,11,13,17,21H,9-10,12H2,1-4H3,(H,26,27). The van der Waals surface area contributed by atoms with Crippen molar-refractivity contribution < 1.29 is 23.8 Å². The van der Waals surface area contributed by atoms with Crippen LogP contribution in [0.3, 0.4) is 0 Å². The topological polar surface area (TPSA) is 81.8 Å². The number of fused-ring (bicyclic) bond motifs is 1. The van der Waals surface area contributed by atoms with E-state index in [0.717, 1.165) is 21.9 Å². The molecule has 3 heterocycles. The number of rotatable bonds is 6. The molecule has 0 bridgehead atoms. The Morgan fingerprint density at radius 3 is 2.81 bits per heavy atom. The number of thiophene rings is 1. The van der Waals surface area contributed by atoms with Crippen LogP contribution in [-0.4, -0.2) is 28.8 Å². The van der Waals surface area contributed by atoms with E-state index in [-0.39, 0.29) is 5.41 Å². The summed E-state index contributed by atoms with van der Waals surface area (Å²) in [6.07, 6.45) is 0.683. The second-order valence-corrected chi connectivity index (χ2v) is 9.87. The molecule has 31 heavy (non-hydrogen) atoms. The van der Waals surface area contributed by atoms with Crippen LogP contribution < -0.4 is 9.47 Å². The number of aliphatic carboxylic acids is 1. The Labute approximate surface area is 185 Å². The van der Waals surface area contributed by atoms with Gasteiger partial charge in [0.25, 0.3) is 0 Å². The molecular weight excluding hydrogens is 414 g/mol. The lowest BCUT2D eigenvalue weighted by molar-refractivity contribution is -0.148. The van der Waals surface area contributed by atoms with Crippen molar-refractivity contribution in [2.45, 2.75) is 46.6 Å². The third-order valence-electron chi connectivity index (χ3n) is 5.50. The maximum absolute atomic E-state index is 11.8. The van der Waals surface area contributed by atoms with E-state index < -0.39 is 18.0 Å². The Hall–Kier alpha value is -2.80. The van der Waals surface area contributed by atoms with Gasteiger partial charge in [-0.1, -0.05) is 32.9 Å². The number of hydrogen-bond acceptors (Lipinski definition) is 6. The average Bonchev–Trinajstić information content (AvgIpc) is 3.36. The largest absolute Gasteiger partial charge is 0.493 e. The van der Waals surface area contributed by atoms with Gasteiger partial charge < -0.3 is 19.0 Å². The molecule has 0 aliphatic carbocycles. The molecule has 0 amide bonds. The number of carboxylic acids is 1. The van der Waals surface area contributed by atoms with E-state index in [2.05, 4.69) is 4.98 Å². The maximum Gasteiger partial charge on any atom is 0.310 e. The monoisotopic (exact) mass is 441 g/mol. The first-order valence-corrected chi connectivity index (χ1v) is 11.3. The van der Waals surface area contributed by atoms with Crippen LogP contribution in [0.5, 0.6) is 11.5 Å². The van der Waals surface area contributed by atoms with Gasteiger partial charge in [-0.15, -0.1) is 11.3 Å². The molecular formula is C24H27NO5S. The summed E-state index contributed by atoms with van der Waals surface area (Å²) in [4.78, 5) is 17.4. The molecule has 2 aromatic heterocycles. The smallest absolute Gasteiger partial charge is 0.310 e. The Morgan fingerprint density at radius 1 is 1.32 bits per heavy atom. The third kappa shape index (κ3) is 4.61. The Bertz CT molecular complexity index is 1060. The van der Waals surface area contributed by atoms with Crippen LogP contribution in [-0.2, 0) is 17.6 Å². The molecule has 1 N–H and O–H groups in total. The van der Waals surface area contributed by atoms with E-state index in [1.54, 1.807) is 11.3 Å². The fourth-order valence-electron chi connectivity index (χ4n) is 3.89. The highest BCUT2D eigenvalue weighted by Crippen LogP contribution is 2.40. The van der Waals surface area contributed by atoms with Crippen molar-refractivity contribution in [1.29, 1.82) is 0 Å². The molecule has 3 aromatic rings. The molecule has 2 atom stereocenters. The first-order chi connectivity index (χ1) is 14.7.